The van der Waals surface area contributed by atoms with Crippen LogP contribution in [-0.4, -0.2) is 11.0 Å². The molecule has 0 saturated heterocycles. The van der Waals surface area contributed by atoms with Crippen LogP contribution in [-0.2, 0) is 17.6 Å². The van der Waals surface area contributed by atoms with E-state index in [1.165, 1.54) is 6.07 Å². The van der Waals surface area contributed by atoms with E-state index >= 15 is 0 Å². The Balaban J connectivity index is 1.81. The molecule has 2 N–H and O–H groups in total. The number of amides is 1. The number of carbonyl (C=O) groups is 1. The molecule has 1 unspecified atom stereocenters. The van der Waals surface area contributed by atoms with Crippen LogP contribution in [0.1, 0.15) is 22.8 Å². The van der Waals surface area contributed by atoms with Gasteiger partial charge in [0, 0.05) is 18.2 Å². The van der Waals surface area contributed by atoms with E-state index in [-0.39, 0.29) is 24.3 Å². The quantitative estimate of drug-likeness (QED) is 0.912. The van der Waals surface area contributed by atoms with Crippen molar-refractivity contribution in [1.82, 2.24) is 0 Å². The fourth-order valence-corrected chi connectivity index (χ4v) is 2.47. The van der Waals surface area contributed by atoms with E-state index in [0.29, 0.717) is 5.56 Å². The summed E-state index contributed by atoms with van der Waals surface area (Å²) in [5, 5.41) is 12.9. The van der Waals surface area contributed by atoms with Crippen LogP contribution < -0.4 is 5.32 Å². The van der Waals surface area contributed by atoms with Crippen molar-refractivity contribution in [3.8, 4) is 0 Å². The number of nitrogens with one attached hydrogen (secondary N) is 1. The summed E-state index contributed by atoms with van der Waals surface area (Å²) in [4.78, 5) is 11.3. The van der Waals surface area contributed by atoms with Crippen LogP contribution in [0, 0.1) is 11.6 Å². The molecule has 108 valence electrons. The molecule has 1 aliphatic heterocycles. The van der Waals surface area contributed by atoms with Crippen molar-refractivity contribution in [2.24, 2.45) is 0 Å². The molecule has 2 aromatic rings. The number of benzene rings is 2. The van der Waals surface area contributed by atoms with Crippen LogP contribution in [0.25, 0.3) is 0 Å². The number of aliphatic hydroxyl groups excluding tert-OH is 1. The minimum absolute atomic E-state index is 0.0479. The Morgan fingerprint density at radius 3 is 2.76 bits per heavy atom. The van der Waals surface area contributed by atoms with Gasteiger partial charge in [0.15, 0.2) is 0 Å². The number of aliphatic hydroxyl groups is 1. The van der Waals surface area contributed by atoms with Gasteiger partial charge in [-0.25, -0.2) is 8.78 Å². The van der Waals surface area contributed by atoms with Crippen molar-refractivity contribution in [2.45, 2.75) is 18.9 Å². The van der Waals surface area contributed by atoms with Crippen molar-refractivity contribution in [1.29, 1.82) is 0 Å². The van der Waals surface area contributed by atoms with E-state index < -0.39 is 17.7 Å². The molecule has 0 bridgehead atoms. The van der Waals surface area contributed by atoms with Gasteiger partial charge >= 0.3 is 0 Å². The van der Waals surface area contributed by atoms with Crippen LogP contribution in [0.3, 0.4) is 0 Å². The topological polar surface area (TPSA) is 49.3 Å². The molecule has 0 saturated carbocycles. The van der Waals surface area contributed by atoms with Gasteiger partial charge in [-0.3, -0.25) is 4.79 Å². The maximum Gasteiger partial charge on any atom is 0.228 e. The lowest BCUT2D eigenvalue weighted by Gasteiger charge is -2.13. The van der Waals surface area contributed by atoms with Crippen molar-refractivity contribution in [3.63, 3.8) is 0 Å². The molecule has 5 heteroatoms. The van der Waals surface area contributed by atoms with Crippen molar-refractivity contribution >= 4 is 11.6 Å². The molecular formula is C16H13F2NO2. The van der Waals surface area contributed by atoms with Gasteiger partial charge in [-0.1, -0.05) is 18.2 Å². The first kappa shape index (κ1) is 13.7. The Morgan fingerprint density at radius 1 is 1.19 bits per heavy atom. The predicted molar refractivity (Wildman–Crippen MR) is 73.8 cm³/mol. The van der Waals surface area contributed by atoms with Gasteiger partial charge < -0.3 is 10.4 Å². The fraction of sp³-hybridized carbons (Fsp3) is 0.188. The summed E-state index contributed by atoms with van der Waals surface area (Å²) in [6.07, 6.45) is -0.585. The molecule has 0 aromatic heterocycles. The maximum atomic E-state index is 13.6. The highest BCUT2D eigenvalue weighted by Crippen LogP contribution is 2.28. The highest BCUT2D eigenvalue weighted by molar-refractivity contribution is 5.99. The lowest BCUT2D eigenvalue weighted by atomic mass is 9.98. The number of fused-ring (bicyclic) bond motifs is 1. The zero-order valence-corrected chi connectivity index (χ0v) is 11.1. The molecular weight excluding hydrogens is 276 g/mol. The molecule has 1 heterocycles. The summed E-state index contributed by atoms with van der Waals surface area (Å²) in [7, 11) is 0. The first-order valence-electron chi connectivity index (χ1n) is 6.57. The second kappa shape index (κ2) is 5.26. The first-order chi connectivity index (χ1) is 10.0. The van der Waals surface area contributed by atoms with Gasteiger partial charge in [0.1, 0.15) is 11.6 Å². The minimum Gasteiger partial charge on any atom is -0.388 e. The average molecular weight is 289 g/mol. The number of rotatable bonds is 3. The fourth-order valence-electron chi connectivity index (χ4n) is 2.47. The van der Waals surface area contributed by atoms with E-state index in [0.717, 1.165) is 23.4 Å². The van der Waals surface area contributed by atoms with E-state index in [1.54, 1.807) is 18.2 Å². The predicted octanol–water partition coefficient (Wildman–Crippen LogP) is 2.74. The molecule has 0 fully saturated rings. The van der Waals surface area contributed by atoms with Crippen LogP contribution >= 0.6 is 0 Å². The molecule has 1 aliphatic rings. The summed E-state index contributed by atoms with van der Waals surface area (Å²) in [6.45, 7) is 0. The zero-order chi connectivity index (χ0) is 15.0. The van der Waals surface area contributed by atoms with Crippen LogP contribution in [0.5, 0.6) is 0 Å². The van der Waals surface area contributed by atoms with Gasteiger partial charge in [-0.05, 0) is 28.8 Å². The summed E-state index contributed by atoms with van der Waals surface area (Å²) in [5.74, 6) is -1.40. The number of hydrogen-bond acceptors (Lipinski definition) is 2. The van der Waals surface area contributed by atoms with Gasteiger partial charge in [0.25, 0.3) is 0 Å². The third-order valence-electron chi connectivity index (χ3n) is 3.57. The molecule has 1 atom stereocenters. The smallest absolute Gasteiger partial charge is 0.228 e. The number of hydrogen-bond donors (Lipinski definition) is 2. The highest BCUT2D eigenvalue weighted by atomic mass is 19.1. The number of halogens is 2. The van der Waals surface area contributed by atoms with Gasteiger partial charge in [0.2, 0.25) is 5.91 Å². The van der Waals surface area contributed by atoms with Crippen molar-refractivity contribution in [3.05, 3.63) is 64.7 Å². The van der Waals surface area contributed by atoms with E-state index in [1.807, 2.05) is 0 Å². The van der Waals surface area contributed by atoms with E-state index in [9.17, 15) is 18.7 Å². The van der Waals surface area contributed by atoms with Crippen LogP contribution in [0.4, 0.5) is 14.5 Å². The normalized spacial score (nSPS) is 14.7. The summed E-state index contributed by atoms with van der Waals surface area (Å²) < 4.78 is 26.4. The third kappa shape index (κ3) is 2.78. The number of anilines is 1. The summed E-state index contributed by atoms with van der Waals surface area (Å²) >= 11 is 0. The monoisotopic (exact) mass is 289 g/mol. The molecule has 0 aliphatic carbocycles. The van der Waals surface area contributed by atoms with E-state index in [4.69, 9.17) is 0 Å². The first-order valence-corrected chi connectivity index (χ1v) is 6.57. The van der Waals surface area contributed by atoms with Crippen LogP contribution in [0.15, 0.2) is 36.4 Å². The Bertz CT molecular complexity index is 715. The molecule has 3 nitrogen and oxygen atoms in total. The number of carbonyl (C=O) groups excluding carboxylic acids is 1. The van der Waals surface area contributed by atoms with Gasteiger partial charge in [-0.15, -0.1) is 0 Å². The second-order valence-corrected chi connectivity index (χ2v) is 5.10. The summed E-state index contributed by atoms with van der Waals surface area (Å²) in [5.41, 5.74) is 2.41. The molecule has 3 rings (SSSR count). The molecule has 0 spiro atoms. The van der Waals surface area contributed by atoms with Crippen LogP contribution in [0.2, 0.25) is 0 Å². The average Bonchev–Trinajstić information content (AvgIpc) is 2.80. The third-order valence-corrected chi connectivity index (χ3v) is 3.57. The second-order valence-electron chi connectivity index (χ2n) is 5.10. The Kier molecular flexibility index (Phi) is 3.43. The Morgan fingerprint density at radius 2 is 2.00 bits per heavy atom. The van der Waals surface area contributed by atoms with Crippen molar-refractivity contribution < 1.29 is 18.7 Å². The maximum absolute atomic E-state index is 13.6. The molecule has 1 amide bonds. The molecule has 0 radical (unpaired) electrons. The highest BCUT2D eigenvalue weighted by Gasteiger charge is 2.20. The standard InChI is InChI=1S/C16H13F2NO2/c17-12-3-1-9(13(18)8-12)6-15(20)10-2-4-14-11(5-10)7-16(21)19-14/h1-5,8,15,20H,6-7H2,(H,19,21). The zero-order valence-electron chi connectivity index (χ0n) is 11.1. The molecule has 21 heavy (non-hydrogen) atoms. The largest absolute Gasteiger partial charge is 0.388 e. The Hall–Kier alpha value is -2.27. The summed E-state index contributed by atoms with van der Waals surface area (Å²) in [6, 6.07) is 8.44. The van der Waals surface area contributed by atoms with Gasteiger partial charge in [-0.2, -0.15) is 0 Å². The minimum atomic E-state index is -0.911. The molecule has 2 aromatic carbocycles. The van der Waals surface area contributed by atoms with E-state index in [2.05, 4.69) is 5.32 Å². The SMILES string of the molecule is O=C1Cc2cc(C(O)Cc3ccc(F)cc3F)ccc2N1. The lowest BCUT2D eigenvalue weighted by molar-refractivity contribution is -0.115. The lowest BCUT2D eigenvalue weighted by Crippen LogP contribution is -2.04. The Labute approximate surface area is 120 Å². The van der Waals surface area contributed by atoms with Gasteiger partial charge in [0.05, 0.1) is 12.5 Å². The van der Waals surface area contributed by atoms with Crippen molar-refractivity contribution in [2.75, 3.05) is 5.32 Å².